The average Bonchev–Trinajstić information content (AvgIpc) is 2.68. The van der Waals surface area contributed by atoms with Crippen LogP contribution in [0.15, 0.2) is 23.7 Å². The Morgan fingerprint density at radius 3 is 2.88 bits per heavy atom. The van der Waals surface area contributed by atoms with Gasteiger partial charge in [-0.1, -0.05) is 22.0 Å². The topological polar surface area (TPSA) is 25.8 Å². The van der Waals surface area contributed by atoms with Crippen molar-refractivity contribution < 1.29 is 0 Å². The molecule has 16 heavy (non-hydrogen) atoms. The quantitative estimate of drug-likeness (QED) is 0.805. The van der Waals surface area contributed by atoms with Gasteiger partial charge in [-0.25, -0.2) is 4.98 Å². The van der Waals surface area contributed by atoms with Crippen molar-refractivity contribution in [3.63, 3.8) is 0 Å². The molecule has 0 saturated heterocycles. The number of pyridine rings is 1. The van der Waals surface area contributed by atoms with Gasteiger partial charge < -0.3 is 0 Å². The summed E-state index contributed by atoms with van der Waals surface area (Å²) in [5.41, 5.74) is 3.47. The predicted molar refractivity (Wildman–Crippen MR) is 71.2 cm³/mol. The zero-order chi connectivity index (χ0) is 11.5. The third kappa shape index (κ3) is 2.68. The van der Waals surface area contributed by atoms with E-state index in [-0.39, 0.29) is 4.83 Å². The van der Waals surface area contributed by atoms with Crippen molar-refractivity contribution in [3.05, 3.63) is 45.7 Å². The Morgan fingerprint density at radius 2 is 2.25 bits per heavy atom. The van der Waals surface area contributed by atoms with Crippen molar-refractivity contribution >= 4 is 27.3 Å². The van der Waals surface area contributed by atoms with Crippen LogP contribution in [0.1, 0.15) is 26.8 Å². The first-order valence-corrected chi connectivity index (χ1v) is 6.93. The van der Waals surface area contributed by atoms with E-state index in [0.717, 1.165) is 22.8 Å². The Kier molecular flexibility index (Phi) is 3.71. The third-order valence-corrected chi connectivity index (χ3v) is 4.03. The summed E-state index contributed by atoms with van der Waals surface area (Å²) < 4.78 is 0. The van der Waals surface area contributed by atoms with Crippen LogP contribution < -0.4 is 0 Å². The highest BCUT2D eigenvalue weighted by Crippen LogP contribution is 2.28. The fourth-order valence-corrected chi connectivity index (χ4v) is 2.91. The van der Waals surface area contributed by atoms with Crippen LogP contribution in [0.3, 0.4) is 0 Å². The van der Waals surface area contributed by atoms with Crippen molar-refractivity contribution in [1.82, 2.24) is 9.97 Å². The minimum atomic E-state index is 0.256. The summed E-state index contributed by atoms with van der Waals surface area (Å²) >= 11 is 5.36. The van der Waals surface area contributed by atoms with Gasteiger partial charge in [0.25, 0.3) is 0 Å². The number of nitrogens with zero attached hydrogens (tertiary/aromatic N) is 2. The normalized spacial score (nSPS) is 12.7. The van der Waals surface area contributed by atoms with Crippen LogP contribution in [0.5, 0.6) is 0 Å². The summed E-state index contributed by atoms with van der Waals surface area (Å²) in [4.78, 5) is 9.13. The molecular weight excluding hydrogens is 284 g/mol. The molecule has 0 aliphatic carbocycles. The molecule has 0 fully saturated rings. The van der Waals surface area contributed by atoms with E-state index >= 15 is 0 Å². The van der Waals surface area contributed by atoms with Crippen molar-refractivity contribution in [2.24, 2.45) is 0 Å². The number of rotatable bonds is 3. The van der Waals surface area contributed by atoms with E-state index in [2.05, 4.69) is 44.3 Å². The van der Waals surface area contributed by atoms with Crippen LogP contribution in [0.25, 0.3) is 0 Å². The Balaban J connectivity index is 2.13. The molecule has 0 aliphatic rings. The first-order chi connectivity index (χ1) is 7.66. The molecule has 2 heterocycles. The first kappa shape index (κ1) is 11.7. The van der Waals surface area contributed by atoms with Crippen LogP contribution in [0.4, 0.5) is 0 Å². The molecule has 0 bridgehead atoms. The lowest BCUT2D eigenvalue weighted by molar-refractivity contribution is 0.866. The fourth-order valence-electron chi connectivity index (χ4n) is 1.53. The van der Waals surface area contributed by atoms with Gasteiger partial charge in [-0.2, -0.15) is 0 Å². The Bertz CT molecular complexity index is 481. The molecule has 84 valence electrons. The van der Waals surface area contributed by atoms with Gasteiger partial charge >= 0.3 is 0 Å². The van der Waals surface area contributed by atoms with Crippen LogP contribution in [0, 0.1) is 13.8 Å². The molecule has 0 N–H and O–H groups in total. The molecule has 2 aromatic rings. The third-order valence-electron chi connectivity index (χ3n) is 2.45. The monoisotopic (exact) mass is 296 g/mol. The summed E-state index contributed by atoms with van der Waals surface area (Å²) in [5, 5.41) is 3.21. The van der Waals surface area contributed by atoms with E-state index in [9.17, 15) is 0 Å². The van der Waals surface area contributed by atoms with Crippen LogP contribution in [-0.4, -0.2) is 9.97 Å². The second-order valence-corrected chi connectivity index (χ2v) is 5.90. The minimum Gasteiger partial charge on any atom is -0.261 e. The molecule has 1 atom stereocenters. The zero-order valence-electron chi connectivity index (χ0n) is 9.27. The van der Waals surface area contributed by atoms with Gasteiger partial charge in [0.15, 0.2) is 0 Å². The minimum absolute atomic E-state index is 0.256. The molecule has 0 aromatic carbocycles. The van der Waals surface area contributed by atoms with Crippen LogP contribution in [-0.2, 0) is 6.42 Å². The highest BCUT2D eigenvalue weighted by atomic mass is 79.9. The van der Waals surface area contributed by atoms with Gasteiger partial charge in [-0.05, 0) is 25.5 Å². The molecule has 2 aromatic heterocycles. The number of hydrogen-bond donors (Lipinski definition) is 0. The van der Waals surface area contributed by atoms with Crippen LogP contribution >= 0.6 is 27.3 Å². The van der Waals surface area contributed by atoms with Gasteiger partial charge in [-0.15, -0.1) is 11.3 Å². The lowest BCUT2D eigenvalue weighted by Crippen LogP contribution is -2.00. The highest BCUT2D eigenvalue weighted by molar-refractivity contribution is 9.09. The van der Waals surface area contributed by atoms with Gasteiger partial charge in [0.05, 0.1) is 15.5 Å². The van der Waals surface area contributed by atoms with E-state index < -0.39 is 0 Å². The van der Waals surface area contributed by atoms with Gasteiger partial charge in [0, 0.05) is 23.7 Å². The standard InChI is InChI=1S/C12H13BrN2S/c1-8-4-3-5-14-11(8)6-10(13)12-7-16-9(2)15-12/h3-5,7,10H,6H2,1-2H3. The lowest BCUT2D eigenvalue weighted by atomic mass is 10.1. The summed E-state index contributed by atoms with van der Waals surface area (Å²) in [6.45, 7) is 4.12. The Labute approximate surface area is 108 Å². The number of thiazole rings is 1. The Morgan fingerprint density at radius 1 is 1.44 bits per heavy atom. The molecule has 0 amide bonds. The molecular formula is C12H13BrN2S. The molecule has 0 aliphatic heterocycles. The number of hydrogen-bond acceptors (Lipinski definition) is 3. The van der Waals surface area contributed by atoms with Gasteiger partial charge in [0.2, 0.25) is 0 Å². The molecule has 2 nitrogen and oxygen atoms in total. The van der Waals surface area contributed by atoms with Crippen LogP contribution in [0.2, 0.25) is 0 Å². The Hall–Kier alpha value is -0.740. The maximum atomic E-state index is 4.48. The van der Waals surface area contributed by atoms with Crippen molar-refractivity contribution in [1.29, 1.82) is 0 Å². The number of aryl methyl sites for hydroxylation is 2. The molecule has 2 rings (SSSR count). The predicted octanol–water partition coefficient (Wildman–Crippen LogP) is 3.83. The summed E-state index contributed by atoms with van der Waals surface area (Å²) in [7, 11) is 0. The second-order valence-electron chi connectivity index (χ2n) is 3.73. The molecule has 1 unspecified atom stereocenters. The molecule has 4 heteroatoms. The second kappa shape index (κ2) is 5.06. The van der Waals surface area contributed by atoms with E-state index in [0.29, 0.717) is 0 Å². The smallest absolute Gasteiger partial charge is 0.0897 e. The highest BCUT2D eigenvalue weighted by Gasteiger charge is 2.13. The van der Waals surface area contributed by atoms with Gasteiger partial charge in [0.1, 0.15) is 0 Å². The van der Waals surface area contributed by atoms with Crippen molar-refractivity contribution in [2.75, 3.05) is 0 Å². The van der Waals surface area contributed by atoms with Gasteiger partial charge in [-0.3, -0.25) is 4.98 Å². The summed E-state index contributed by atoms with van der Waals surface area (Å²) in [5.74, 6) is 0. The summed E-state index contributed by atoms with van der Waals surface area (Å²) in [6, 6.07) is 4.06. The first-order valence-electron chi connectivity index (χ1n) is 5.13. The summed E-state index contributed by atoms with van der Waals surface area (Å²) in [6.07, 6.45) is 2.73. The van der Waals surface area contributed by atoms with E-state index in [1.54, 1.807) is 11.3 Å². The van der Waals surface area contributed by atoms with E-state index in [1.807, 2.05) is 19.2 Å². The molecule has 0 spiro atoms. The largest absolute Gasteiger partial charge is 0.261 e. The maximum Gasteiger partial charge on any atom is 0.0897 e. The van der Waals surface area contributed by atoms with E-state index in [1.165, 1.54) is 5.56 Å². The molecule has 0 saturated carbocycles. The van der Waals surface area contributed by atoms with Crippen molar-refractivity contribution in [2.45, 2.75) is 25.1 Å². The zero-order valence-corrected chi connectivity index (χ0v) is 11.7. The molecule has 0 radical (unpaired) electrons. The maximum absolute atomic E-state index is 4.48. The SMILES string of the molecule is Cc1nc(C(Br)Cc2ncccc2C)cs1. The van der Waals surface area contributed by atoms with E-state index in [4.69, 9.17) is 0 Å². The number of halogens is 1. The van der Waals surface area contributed by atoms with Crippen molar-refractivity contribution in [3.8, 4) is 0 Å². The number of alkyl halides is 1. The average molecular weight is 297 g/mol. The lowest BCUT2D eigenvalue weighted by Gasteiger charge is -2.08. The number of aromatic nitrogens is 2. The fraction of sp³-hybridized carbons (Fsp3) is 0.333.